The van der Waals surface area contributed by atoms with Crippen molar-refractivity contribution < 1.29 is 4.39 Å². The van der Waals surface area contributed by atoms with Gasteiger partial charge >= 0.3 is 0 Å². The van der Waals surface area contributed by atoms with Gasteiger partial charge in [-0.1, -0.05) is 55.6 Å². The van der Waals surface area contributed by atoms with Gasteiger partial charge in [-0.3, -0.25) is 0 Å². The molecule has 2 aromatic rings. The van der Waals surface area contributed by atoms with Gasteiger partial charge in [-0.25, -0.2) is 4.39 Å². The van der Waals surface area contributed by atoms with Gasteiger partial charge in [0, 0.05) is 20.1 Å². The monoisotopic (exact) mass is 362 g/mol. The first-order valence-corrected chi connectivity index (χ1v) is 6.45. The van der Waals surface area contributed by atoms with E-state index in [2.05, 4.69) is 31.9 Å². The fourth-order valence-electron chi connectivity index (χ4n) is 1.45. The highest BCUT2D eigenvalue weighted by atomic mass is 79.9. The predicted molar refractivity (Wildman–Crippen MR) is 72.2 cm³/mol. The van der Waals surface area contributed by atoms with Crippen molar-refractivity contribution in [2.24, 2.45) is 0 Å². The molecule has 0 bridgehead atoms. The Morgan fingerprint density at radius 1 is 1.06 bits per heavy atom. The van der Waals surface area contributed by atoms with E-state index < -0.39 is 0 Å². The smallest absolute Gasteiger partial charge is 0.132 e. The van der Waals surface area contributed by atoms with Crippen LogP contribution in [0.15, 0.2) is 45.3 Å². The van der Waals surface area contributed by atoms with Gasteiger partial charge in [0.2, 0.25) is 0 Å². The number of hydrogen-bond acceptors (Lipinski definition) is 0. The Bertz CT molecular complexity index is 520. The van der Waals surface area contributed by atoms with Crippen LogP contribution in [0.2, 0.25) is 5.02 Å². The first-order valence-electron chi connectivity index (χ1n) is 4.49. The fourth-order valence-corrected chi connectivity index (χ4v) is 2.96. The van der Waals surface area contributed by atoms with Gasteiger partial charge in [0.1, 0.15) is 5.82 Å². The number of hydrogen-bond donors (Lipinski definition) is 0. The lowest BCUT2D eigenvalue weighted by Crippen LogP contribution is -1.87. The molecule has 0 aliphatic heterocycles. The summed E-state index contributed by atoms with van der Waals surface area (Å²) >= 11 is 12.7. The lowest BCUT2D eigenvalue weighted by molar-refractivity contribution is 0.631. The van der Waals surface area contributed by atoms with Crippen molar-refractivity contribution in [3.05, 3.63) is 56.2 Å². The van der Waals surface area contributed by atoms with E-state index in [0.29, 0.717) is 10.6 Å². The molecule has 0 fully saturated rings. The lowest BCUT2D eigenvalue weighted by atomic mass is 10.1. The Labute approximate surface area is 115 Å². The van der Waals surface area contributed by atoms with E-state index in [9.17, 15) is 4.39 Å². The maximum atomic E-state index is 13.7. The normalized spacial score (nSPS) is 10.5. The maximum Gasteiger partial charge on any atom is 0.132 e. The van der Waals surface area contributed by atoms with E-state index >= 15 is 0 Å². The molecule has 82 valence electrons. The number of benzene rings is 2. The first-order chi connectivity index (χ1) is 7.59. The summed E-state index contributed by atoms with van der Waals surface area (Å²) in [6.45, 7) is 0. The molecule has 0 saturated carbocycles. The van der Waals surface area contributed by atoms with Crippen molar-refractivity contribution in [2.45, 2.75) is 0 Å². The quantitative estimate of drug-likeness (QED) is 0.611. The molecular weight excluding hydrogens is 358 g/mol. The Hall–Kier alpha value is -0.380. The van der Waals surface area contributed by atoms with Gasteiger partial charge < -0.3 is 0 Å². The van der Waals surface area contributed by atoms with Gasteiger partial charge in [-0.2, -0.15) is 0 Å². The maximum absolute atomic E-state index is 13.7. The lowest BCUT2D eigenvalue weighted by Gasteiger charge is -2.08. The van der Waals surface area contributed by atoms with Crippen LogP contribution in [-0.2, 0) is 0 Å². The summed E-state index contributed by atoms with van der Waals surface area (Å²) in [5, 5.41) is 0.406. The van der Waals surface area contributed by atoms with Crippen molar-refractivity contribution in [3.63, 3.8) is 0 Å². The molecule has 2 rings (SSSR count). The van der Waals surface area contributed by atoms with Gasteiger partial charge in [0.15, 0.2) is 0 Å². The molecule has 0 spiro atoms. The zero-order valence-electron chi connectivity index (χ0n) is 7.98. The molecule has 0 N–H and O–H groups in total. The predicted octanol–water partition coefficient (Wildman–Crippen LogP) is 5.67. The van der Waals surface area contributed by atoms with Gasteiger partial charge in [-0.05, 0) is 24.3 Å². The molecule has 0 radical (unpaired) electrons. The molecule has 0 aliphatic carbocycles. The molecule has 4 heteroatoms. The molecule has 16 heavy (non-hydrogen) atoms. The Morgan fingerprint density at radius 2 is 1.81 bits per heavy atom. The van der Waals surface area contributed by atoms with Crippen LogP contribution in [0.25, 0.3) is 11.1 Å². The molecule has 0 saturated heterocycles. The minimum Gasteiger partial charge on any atom is -0.206 e. The third-order valence-corrected chi connectivity index (χ3v) is 3.63. The second kappa shape index (κ2) is 4.86. The van der Waals surface area contributed by atoms with Crippen LogP contribution in [0, 0.1) is 5.82 Å². The molecule has 0 nitrogen and oxygen atoms in total. The van der Waals surface area contributed by atoms with E-state index in [0.717, 1.165) is 14.5 Å². The summed E-state index contributed by atoms with van der Waals surface area (Å²) < 4.78 is 15.4. The van der Waals surface area contributed by atoms with Crippen LogP contribution in [0.4, 0.5) is 4.39 Å². The highest BCUT2D eigenvalue weighted by molar-refractivity contribution is 9.11. The molecule has 2 aromatic carbocycles. The molecule has 0 aromatic heterocycles. The molecule has 0 aliphatic rings. The largest absolute Gasteiger partial charge is 0.206 e. The van der Waals surface area contributed by atoms with E-state index in [1.54, 1.807) is 12.1 Å². The number of rotatable bonds is 1. The summed E-state index contributed by atoms with van der Waals surface area (Å²) in [5.74, 6) is -0.324. The van der Waals surface area contributed by atoms with E-state index in [1.165, 1.54) is 6.07 Å². The second-order valence-corrected chi connectivity index (χ2v) is 5.40. The SMILES string of the molecule is Fc1cccc(Cl)c1-c1ccc(Br)cc1Br. The number of halogens is 4. The minimum absolute atomic E-state index is 0.324. The molecule has 0 heterocycles. The zero-order valence-corrected chi connectivity index (χ0v) is 11.9. The van der Waals surface area contributed by atoms with Gasteiger partial charge in [0.25, 0.3) is 0 Å². The van der Waals surface area contributed by atoms with Gasteiger partial charge in [-0.15, -0.1) is 0 Å². The summed E-state index contributed by atoms with van der Waals surface area (Å²) in [5.41, 5.74) is 1.16. The van der Waals surface area contributed by atoms with Crippen molar-refractivity contribution in [1.29, 1.82) is 0 Å². The third-order valence-electron chi connectivity index (χ3n) is 2.16. The Kier molecular flexibility index (Phi) is 3.67. The van der Waals surface area contributed by atoms with Crippen LogP contribution < -0.4 is 0 Å². The van der Waals surface area contributed by atoms with Crippen molar-refractivity contribution in [2.75, 3.05) is 0 Å². The topological polar surface area (TPSA) is 0 Å². The minimum atomic E-state index is -0.324. The summed E-state index contributed by atoms with van der Waals surface area (Å²) in [6.07, 6.45) is 0. The molecular formula is C12H6Br2ClF. The van der Waals surface area contributed by atoms with Gasteiger partial charge in [0.05, 0.1) is 5.02 Å². The van der Waals surface area contributed by atoms with Crippen molar-refractivity contribution >= 4 is 43.5 Å². The second-order valence-electron chi connectivity index (χ2n) is 3.22. The van der Waals surface area contributed by atoms with Crippen LogP contribution in [0.1, 0.15) is 0 Å². The van der Waals surface area contributed by atoms with Crippen LogP contribution in [0.3, 0.4) is 0 Å². The van der Waals surface area contributed by atoms with Crippen LogP contribution >= 0.6 is 43.5 Å². The van der Waals surface area contributed by atoms with E-state index in [-0.39, 0.29) is 5.82 Å². The zero-order chi connectivity index (χ0) is 11.7. The highest BCUT2D eigenvalue weighted by Gasteiger charge is 2.12. The molecule has 0 amide bonds. The standard InChI is InChI=1S/C12H6Br2ClF/c13-7-4-5-8(9(14)6-7)12-10(15)2-1-3-11(12)16/h1-6H. The average molecular weight is 364 g/mol. The summed E-state index contributed by atoms with van der Waals surface area (Å²) in [4.78, 5) is 0. The highest BCUT2D eigenvalue weighted by Crippen LogP contribution is 2.36. The average Bonchev–Trinajstić information content (AvgIpc) is 2.20. The van der Waals surface area contributed by atoms with E-state index in [4.69, 9.17) is 11.6 Å². The molecule has 0 unspecified atom stereocenters. The Morgan fingerprint density at radius 3 is 2.44 bits per heavy atom. The third kappa shape index (κ3) is 2.31. The molecule has 0 atom stereocenters. The summed E-state index contributed by atoms with van der Waals surface area (Å²) in [7, 11) is 0. The fraction of sp³-hybridized carbons (Fsp3) is 0. The van der Waals surface area contributed by atoms with Crippen molar-refractivity contribution in [3.8, 4) is 11.1 Å². The van der Waals surface area contributed by atoms with Crippen LogP contribution in [0.5, 0.6) is 0 Å². The van der Waals surface area contributed by atoms with Crippen molar-refractivity contribution in [1.82, 2.24) is 0 Å². The van der Waals surface area contributed by atoms with Crippen LogP contribution in [-0.4, -0.2) is 0 Å². The Balaban J connectivity index is 2.68. The van der Waals surface area contributed by atoms with E-state index in [1.807, 2.05) is 18.2 Å². The summed E-state index contributed by atoms with van der Waals surface area (Å²) in [6, 6.07) is 10.2. The first kappa shape index (κ1) is 12.1.